The third-order valence-electron chi connectivity index (χ3n) is 4.28. The van der Waals surface area contributed by atoms with Crippen molar-refractivity contribution in [2.24, 2.45) is 5.18 Å². The number of aryl methyl sites for hydroxylation is 3. The number of rotatable bonds is 2. The Morgan fingerprint density at radius 3 is 2.90 bits per heavy atom. The molecule has 0 spiro atoms. The molecule has 2 heterocycles. The summed E-state index contributed by atoms with van der Waals surface area (Å²) < 4.78 is 1.77. The predicted molar refractivity (Wildman–Crippen MR) is 82.8 cm³/mol. The van der Waals surface area contributed by atoms with Crippen LogP contribution in [-0.4, -0.2) is 9.38 Å². The van der Waals surface area contributed by atoms with E-state index in [1.807, 2.05) is 25.3 Å². The quantitative estimate of drug-likeness (QED) is 0.659. The van der Waals surface area contributed by atoms with Crippen LogP contribution >= 0.6 is 0 Å². The van der Waals surface area contributed by atoms with Gasteiger partial charge in [0.25, 0.3) is 0 Å². The first-order chi connectivity index (χ1) is 10.3. The maximum atomic E-state index is 11.3. The van der Waals surface area contributed by atoms with Crippen molar-refractivity contribution in [1.29, 1.82) is 0 Å². The molecule has 0 atom stereocenters. The second kappa shape index (κ2) is 4.52. The van der Waals surface area contributed by atoms with Crippen LogP contribution in [0.5, 0.6) is 0 Å². The molecule has 0 saturated carbocycles. The van der Waals surface area contributed by atoms with E-state index in [0.29, 0.717) is 11.5 Å². The second-order valence-corrected chi connectivity index (χ2v) is 5.60. The van der Waals surface area contributed by atoms with Gasteiger partial charge in [0.15, 0.2) is 0 Å². The number of pyridine rings is 1. The first-order valence-electron chi connectivity index (χ1n) is 7.21. The number of hydrogen-bond acceptors (Lipinski definition) is 3. The molecule has 4 rings (SSSR count). The van der Waals surface area contributed by atoms with Crippen molar-refractivity contribution in [2.75, 3.05) is 0 Å². The van der Waals surface area contributed by atoms with E-state index in [1.165, 1.54) is 17.5 Å². The van der Waals surface area contributed by atoms with Crippen LogP contribution in [0.1, 0.15) is 23.1 Å². The maximum absolute atomic E-state index is 11.3. The van der Waals surface area contributed by atoms with Crippen molar-refractivity contribution in [3.05, 3.63) is 58.1 Å². The van der Waals surface area contributed by atoms with E-state index >= 15 is 0 Å². The van der Waals surface area contributed by atoms with Crippen LogP contribution in [0, 0.1) is 11.8 Å². The summed E-state index contributed by atoms with van der Waals surface area (Å²) in [5.74, 6) is 0.381. The summed E-state index contributed by atoms with van der Waals surface area (Å²) in [6.07, 6.45) is 5.31. The average Bonchev–Trinajstić information content (AvgIpc) is 3.10. The maximum Gasteiger partial charge on any atom is 0.209 e. The molecule has 21 heavy (non-hydrogen) atoms. The molecule has 1 aliphatic rings. The molecule has 0 amide bonds. The zero-order valence-corrected chi connectivity index (χ0v) is 11.8. The lowest BCUT2D eigenvalue weighted by Gasteiger charge is -2.02. The SMILES string of the molecule is Cc1cccn2c(N=O)c(-c3ccc4c(c3)CCC4)nc12. The van der Waals surface area contributed by atoms with Crippen LogP contribution in [0.3, 0.4) is 0 Å². The summed E-state index contributed by atoms with van der Waals surface area (Å²) in [4.78, 5) is 16.0. The molecular weight excluding hydrogens is 262 g/mol. The van der Waals surface area contributed by atoms with Crippen molar-refractivity contribution in [2.45, 2.75) is 26.2 Å². The van der Waals surface area contributed by atoms with Gasteiger partial charge in [-0.25, -0.2) is 4.98 Å². The summed E-state index contributed by atoms with van der Waals surface area (Å²) in [7, 11) is 0. The van der Waals surface area contributed by atoms with Crippen molar-refractivity contribution in [1.82, 2.24) is 9.38 Å². The first-order valence-corrected chi connectivity index (χ1v) is 7.21. The third-order valence-corrected chi connectivity index (χ3v) is 4.28. The molecule has 0 N–H and O–H groups in total. The summed E-state index contributed by atoms with van der Waals surface area (Å²) in [6, 6.07) is 10.3. The van der Waals surface area contributed by atoms with Crippen LogP contribution in [0.25, 0.3) is 16.9 Å². The van der Waals surface area contributed by atoms with Crippen LogP contribution in [-0.2, 0) is 12.8 Å². The van der Waals surface area contributed by atoms with Crippen molar-refractivity contribution in [3.63, 3.8) is 0 Å². The third kappa shape index (κ3) is 1.79. The van der Waals surface area contributed by atoms with Gasteiger partial charge in [0.1, 0.15) is 11.3 Å². The summed E-state index contributed by atoms with van der Waals surface area (Å²) in [5.41, 5.74) is 6.28. The van der Waals surface area contributed by atoms with E-state index in [9.17, 15) is 4.91 Å². The highest BCUT2D eigenvalue weighted by molar-refractivity contribution is 5.76. The fraction of sp³-hybridized carbons (Fsp3) is 0.235. The topological polar surface area (TPSA) is 46.7 Å². The summed E-state index contributed by atoms with van der Waals surface area (Å²) in [5, 5.41) is 3.22. The Balaban J connectivity index is 1.98. The van der Waals surface area contributed by atoms with Gasteiger partial charge in [0.2, 0.25) is 5.82 Å². The number of fused-ring (bicyclic) bond motifs is 2. The highest BCUT2D eigenvalue weighted by atomic mass is 16.3. The van der Waals surface area contributed by atoms with E-state index in [0.717, 1.165) is 29.6 Å². The van der Waals surface area contributed by atoms with Crippen molar-refractivity contribution in [3.8, 4) is 11.3 Å². The molecule has 4 heteroatoms. The molecule has 0 unspecified atom stereocenters. The molecule has 2 aromatic heterocycles. The number of nitrogens with zero attached hydrogens (tertiary/aromatic N) is 3. The van der Waals surface area contributed by atoms with Gasteiger partial charge >= 0.3 is 0 Å². The Morgan fingerprint density at radius 2 is 2.05 bits per heavy atom. The van der Waals surface area contributed by atoms with Gasteiger partial charge in [-0.15, -0.1) is 4.91 Å². The van der Waals surface area contributed by atoms with Crippen molar-refractivity contribution >= 4 is 11.5 Å². The molecule has 0 saturated heterocycles. The van der Waals surface area contributed by atoms with E-state index in [2.05, 4.69) is 28.4 Å². The monoisotopic (exact) mass is 277 g/mol. The van der Waals surface area contributed by atoms with Crippen LogP contribution in [0.15, 0.2) is 41.7 Å². The molecule has 1 aromatic carbocycles. The Bertz CT molecular complexity index is 864. The van der Waals surface area contributed by atoms with Crippen LogP contribution < -0.4 is 0 Å². The molecule has 1 aliphatic carbocycles. The van der Waals surface area contributed by atoms with Gasteiger partial charge in [-0.1, -0.05) is 18.2 Å². The van der Waals surface area contributed by atoms with Gasteiger partial charge < -0.3 is 0 Å². The zero-order valence-electron chi connectivity index (χ0n) is 11.8. The zero-order chi connectivity index (χ0) is 14.4. The van der Waals surface area contributed by atoms with Crippen LogP contribution in [0.4, 0.5) is 5.82 Å². The minimum atomic E-state index is 0.381. The molecular formula is C17H15N3O. The summed E-state index contributed by atoms with van der Waals surface area (Å²) >= 11 is 0. The molecule has 3 aromatic rings. The molecule has 0 aliphatic heterocycles. The predicted octanol–water partition coefficient (Wildman–Crippen LogP) is 4.20. The van der Waals surface area contributed by atoms with Gasteiger partial charge in [0.05, 0.1) is 0 Å². The van der Waals surface area contributed by atoms with Crippen LogP contribution in [0.2, 0.25) is 0 Å². The average molecular weight is 277 g/mol. The highest BCUT2D eigenvalue weighted by Crippen LogP contribution is 2.34. The minimum absolute atomic E-state index is 0.381. The van der Waals surface area contributed by atoms with E-state index in [-0.39, 0.29) is 0 Å². The fourth-order valence-electron chi connectivity index (χ4n) is 3.19. The van der Waals surface area contributed by atoms with E-state index < -0.39 is 0 Å². The number of aromatic nitrogens is 2. The van der Waals surface area contributed by atoms with Gasteiger partial charge in [0, 0.05) is 11.8 Å². The molecule has 0 radical (unpaired) electrons. The Kier molecular flexibility index (Phi) is 2.64. The van der Waals surface area contributed by atoms with Gasteiger partial charge in [-0.3, -0.25) is 4.40 Å². The lowest BCUT2D eigenvalue weighted by atomic mass is 10.0. The number of nitroso groups, excluding NO2 is 1. The number of benzene rings is 1. The number of imidazole rings is 1. The Hall–Kier alpha value is -2.49. The lowest BCUT2D eigenvalue weighted by molar-refractivity contribution is 0.912. The van der Waals surface area contributed by atoms with Crippen molar-refractivity contribution < 1.29 is 0 Å². The second-order valence-electron chi connectivity index (χ2n) is 5.60. The smallest absolute Gasteiger partial charge is 0.209 e. The highest BCUT2D eigenvalue weighted by Gasteiger charge is 2.18. The molecule has 104 valence electrons. The van der Waals surface area contributed by atoms with E-state index in [4.69, 9.17) is 0 Å². The van der Waals surface area contributed by atoms with E-state index in [1.54, 1.807) is 4.40 Å². The number of hydrogen-bond donors (Lipinski definition) is 0. The van der Waals surface area contributed by atoms with Gasteiger partial charge in [-0.2, -0.15) is 0 Å². The summed E-state index contributed by atoms with van der Waals surface area (Å²) in [6.45, 7) is 1.99. The van der Waals surface area contributed by atoms with Gasteiger partial charge in [-0.05, 0) is 60.2 Å². The largest absolute Gasteiger partial charge is 0.281 e. The Labute approximate surface area is 122 Å². The molecule has 0 fully saturated rings. The molecule has 0 bridgehead atoms. The molecule has 4 nitrogen and oxygen atoms in total. The standard InChI is InChI=1S/C17H15N3O/c1-11-4-3-9-20-16(11)18-15(17(20)19-21)14-8-7-12-5-2-6-13(12)10-14/h3-4,7-10H,2,5-6H2,1H3. The minimum Gasteiger partial charge on any atom is -0.281 e. The first kappa shape index (κ1) is 12.3. The fourth-order valence-corrected chi connectivity index (χ4v) is 3.19. The Morgan fingerprint density at radius 1 is 1.19 bits per heavy atom. The lowest BCUT2D eigenvalue weighted by Crippen LogP contribution is -1.85. The normalized spacial score (nSPS) is 13.6.